The van der Waals surface area contributed by atoms with Gasteiger partial charge in [0.15, 0.2) is 11.6 Å². The van der Waals surface area contributed by atoms with Crippen molar-refractivity contribution in [2.75, 3.05) is 12.3 Å². The minimum Gasteiger partial charge on any atom is -0.405 e. The van der Waals surface area contributed by atoms with Crippen LogP contribution in [0.3, 0.4) is 0 Å². The summed E-state index contributed by atoms with van der Waals surface area (Å²) in [4.78, 5) is 4.09. The van der Waals surface area contributed by atoms with E-state index in [9.17, 15) is 5.26 Å². The summed E-state index contributed by atoms with van der Waals surface area (Å²) < 4.78 is 28.3. The lowest BCUT2D eigenvalue weighted by atomic mass is 9.92. The highest BCUT2D eigenvalue weighted by molar-refractivity contribution is 6.99. The Labute approximate surface area is 240 Å². The van der Waals surface area contributed by atoms with E-state index in [1.165, 1.54) is 6.33 Å². The number of ether oxygens (including phenoxy) is 3. The minimum atomic E-state index is -2.87. The van der Waals surface area contributed by atoms with Crippen LogP contribution in [0, 0.1) is 11.3 Å². The maximum Gasteiger partial charge on any atom is 0.261 e. The van der Waals surface area contributed by atoms with Gasteiger partial charge in [0.1, 0.15) is 36.2 Å². The zero-order valence-electron chi connectivity index (χ0n) is 23.9. The fraction of sp³-hybridized carbons (Fsp3) is 0.387. The summed E-state index contributed by atoms with van der Waals surface area (Å²) in [6, 6.07) is 26.9. The SMILES string of the molecule is CC1(C)O[C@H]2[C@@H](O1)[C@](C#N)(c1ccc3c(N)ncnn13)O[C@@H]2CO[Si](c1ccccc1)(c1ccccc1)C(C)(C)C. The molecular formula is C31H35N5O4Si. The van der Waals surface area contributed by atoms with Gasteiger partial charge in [-0.1, -0.05) is 81.4 Å². The summed E-state index contributed by atoms with van der Waals surface area (Å²) in [6.45, 7) is 10.6. The van der Waals surface area contributed by atoms with Crippen LogP contribution in [0.5, 0.6) is 0 Å². The van der Waals surface area contributed by atoms with Crippen molar-refractivity contribution in [1.82, 2.24) is 14.6 Å². The highest BCUT2D eigenvalue weighted by Gasteiger charge is 2.66. The molecule has 0 spiro atoms. The zero-order valence-corrected chi connectivity index (χ0v) is 24.9. The highest BCUT2D eigenvalue weighted by Crippen LogP contribution is 2.50. The molecule has 4 heterocycles. The Hall–Kier alpha value is -3.59. The number of nitrogen functional groups attached to an aromatic ring is 1. The molecule has 0 amide bonds. The molecule has 212 valence electrons. The van der Waals surface area contributed by atoms with Gasteiger partial charge in [-0.05, 0) is 41.4 Å². The van der Waals surface area contributed by atoms with Gasteiger partial charge in [-0.2, -0.15) is 10.4 Å². The number of rotatable bonds is 6. The van der Waals surface area contributed by atoms with E-state index in [0.717, 1.165) is 10.4 Å². The topological polar surface area (TPSA) is 117 Å². The number of benzene rings is 2. The first-order valence-corrected chi connectivity index (χ1v) is 15.7. The number of hydrogen-bond donors (Lipinski definition) is 1. The molecular weight excluding hydrogens is 534 g/mol. The number of aromatic nitrogens is 3. The summed E-state index contributed by atoms with van der Waals surface area (Å²) in [5.74, 6) is -0.609. The van der Waals surface area contributed by atoms with Crippen LogP contribution >= 0.6 is 0 Å². The summed E-state index contributed by atoms with van der Waals surface area (Å²) in [7, 11) is -2.87. The van der Waals surface area contributed by atoms with E-state index in [2.05, 4.69) is 85.5 Å². The van der Waals surface area contributed by atoms with E-state index in [1.807, 2.05) is 26.0 Å². The van der Waals surface area contributed by atoms with Crippen molar-refractivity contribution in [2.24, 2.45) is 0 Å². The molecule has 0 unspecified atom stereocenters. The molecule has 0 saturated carbocycles. The van der Waals surface area contributed by atoms with Gasteiger partial charge in [-0.25, -0.2) is 9.50 Å². The lowest BCUT2D eigenvalue weighted by molar-refractivity contribution is -0.204. The van der Waals surface area contributed by atoms with Gasteiger partial charge in [0.05, 0.1) is 12.3 Å². The number of hydrogen-bond acceptors (Lipinski definition) is 8. The first-order valence-electron chi connectivity index (χ1n) is 13.8. The van der Waals surface area contributed by atoms with Crippen molar-refractivity contribution in [3.63, 3.8) is 0 Å². The number of nitrogens with two attached hydrogens (primary N) is 1. The molecule has 9 nitrogen and oxygen atoms in total. The van der Waals surface area contributed by atoms with E-state index in [4.69, 9.17) is 24.4 Å². The summed E-state index contributed by atoms with van der Waals surface area (Å²) in [5, 5.41) is 17.2. The number of fused-ring (bicyclic) bond motifs is 2. The Morgan fingerprint density at radius 1 is 0.976 bits per heavy atom. The monoisotopic (exact) mass is 569 g/mol. The Bertz CT molecular complexity index is 1560. The third kappa shape index (κ3) is 4.28. The van der Waals surface area contributed by atoms with Crippen LogP contribution in [0.1, 0.15) is 40.3 Å². The van der Waals surface area contributed by atoms with Gasteiger partial charge < -0.3 is 24.4 Å². The van der Waals surface area contributed by atoms with Crippen molar-refractivity contribution < 1.29 is 18.6 Å². The van der Waals surface area contributed by atoms with Gasteiger partial charge in [-0.15, -0.1) is 0 Å². The minimum absolute atomic E-state index is 0.206. The molecule has 10 heteroatoms. The van der Waals surface area contributed by atoms with E-state index in [-0.39, 0.29) is 11.6 Å². The molecule has 0 aliphatic carbocycles. The Balaban J connectivity index is 1.44. The molecule has 0 radical (unpaired) electrons. The molecule has 2 aromatic carbocycles. The molecule has 4 atom stereocenters. The van der Waals surface area contributed by atoms with Crippen molar-refractivity contribution >= 4 is 30.0 Å². The van der Waals surface area contributed by atoms with E-state index in [1.54, 1.807) is 16.6 Å². The van der Waals surface area contributed by atoms with Gasteiger partial charge >= 0.3 is 0 Å². The molecule has 6 rings (SSSR count). The van der Waals surface area contributed by atoms with Crippen molar-refractivity contribution in [3.8, 4) is 6.07 Å². The zero-order chi connectivity index (χ0) is 29.0. The summed E-state index contributed by atoms with van der Waals surface area (Å²) >= 11 is 0. The summed E-state index contributed by atoms with van der Waals surface area (Å²) in [6.07, 6.45) is -0.493. The van der Waals surface area contributed by atoms with Crippen LogP contribution in [0.25, 0.3) is 5.52 Å². The average Bonchev–Trinajstić information content (AvgIpc) is 3.61. The van der Waals surface area contributed by atoms with Crippen LogP contribution < -0.4 is 16.1 Å². The molecule has 2 aliphatic rings. The van der Waals surface area contributed by atoms with Crippen LogP contribution in [-0.2, 0) is 24.2 Å². The molecule has 2 aromatic heterocycles. The predicted molar refractivity (Wildman–Crippen MR) is 157 cm³/mol. The number of anilines is 1. The smallest absolute Gasteiger partial charge is 0.261 e. The van der Waals surface area contributed by atoms with Gasteiger partial charge in [0.25, 0.3) is 8.32 Å². The molecule has 2 fully saturated rings. The normalized spacial score (nSPS) is 25.7. The van der Waals surface area contributed by atoms with E-state index in [0.29, 0.717) is 17.0 Å². The van der Waals surface area contributed by atoms with E-state index < -0.39 is 38.0 Å². The summed E-state index contributed by atoms with van der Waals surface area (Å²) in [5.41, 5.74) is 5.69. The molecule has 4 aromatic rings. The molecule has 0 bridgehead atoms. The maximum absolute atomic E-state index is 10.7. The largest absolute Gasteiger partial charge is 0.405 e. The fourth-order valence-corrected chi connectivity index (χ4v) is 11.0. The van der Waals surface area contributed by atoms with Gasteiger partial charge in [-0.3, -0.25) is 0 Å². The second-order valence-corrected chi connectivity index (χ2v) is 16.5. The first-order chi connectivity index (χ1) is 19.5. The Kier molecular flexibility index (Phi) is 6.56. The second-order valence-electron chi connectivity index (χ2n) is 12.2. The van der Waals surface area contributed by atoms with Crippen molar-refractivity contribution in [3.05, 3.63) is 84.8 Å². The molecule has 2 aliphatic heterocycles. The number of nitrogens with zero attached hydrogens (tertiary/aromatic N) is 4. The van der Waals surface area contributed by atoms with Gasteiger partial charge in [0.2, 0.25) is 5.60 Å². The van der Waals surface area contributed by atoms with Crippen molar-refractivity contribution in [1.29, 1.82) is 5.26 Å². The third-order valence-electron chi connectivity index (χ3n) is 8.14. The Morgan fingerprint density at radius 3 is 2.20 bits per heavy atom. The number of nitriles is 1. The van der Waals surface area contributed by atoms with Crippen LogP contribution in [0.2, 0.25) is 5.04 Å². The van der Waals surface area contributed by atoms with Crippen LogP contribution in [0.4, 0.5) is 5.82 Å². The van der Waals surface area contributed by atoms with Crippen LogP contribution in [-0.4, -0.2) is 53.6 Å². The fourth-order valence-electron chi connectivity index (χ4n) is 6.43. The van der Waals surface area contributed by atoms with Gasteiger partial charge in [0, 0.05) is 0 Å². The van der Waals surface area contributed by atoms with Crippen molar-refractivity contribution in [2.45, 2.75) is 69.4 Å². The van der Waals surface area contributed by atoms with Crippen LogP contribution in [0.15, 0.2) is 79.1 Å². The lowest BCUT2D eigenvalue weighted by Crippen LogP contribution is -2.67. The second kappa shape index (κ2) is 9.75. The lowest BCUT2D eigenvalue weighted by Gasteiger charge is -2.43. The van der Waals surface area contributed by atoms with E-state index >= 15 is 0 Å². The first kappa shape index (κ1) is 27.6. The highest BCUT2D eigenvalue weighted by atomic mass is 28.4. The standard InChI is InChI=1S/C31H35N5O4Si/c1-29(2,3)41(21-12-8-6-9-13-21,22-14-10-7-11-15-22)37-18-24-26-27(40-30(4,5)39-26)31(19-32,38-24)25-17-16-23-28(33)34-20-35-36(23)25/h6-17,20,24,26-27H,18H2,1-5H3,(H2,33,34,35)/t24-,26-,27-,31+/m1/s1. The third-order valence-corrected chi connectivity index (χ3v) is 13.1. The molecule has 41 heavy (non-hydrogen) atoms. The maximum atomic E-state index is 10.7. The molecule has 2 saturated heterocycles. The average molecular weight is 570 g/mol. The molecule has 2 N–H and O–H groups in total. The Morgan fingerprint density at radius 2 is 1.61 bits per heavy atom. The predicted octanol–water partition coefficient (Wildman–Crippen LogP) is 3.53. The quantitative estimate of drug-likeness (QED) is 0.351.